The SMILES string of the molecule is C=C(C)C(CC=C(C)CO)CCC(C)=CC=CC(C)=CC=CC(C)=CC=CC=C(C)C=CC=C(C)C=CC=C(C)CCC(CC=C(C)CO)C(=C)C. The highest BCUT2D eigenvalue weighted by Crippen LogP contribution is 2.24. The lowest BCUT2D eigenvalue weighted by molar-refractivity contribution is 0.330. The molecule has 2 N–H and O–H groups in total. The van der Waals surface area contributed by atoms with E-state index in [1.165, 1.54) is 44.6 Å². The molecule has 0 aliphatic carbocycles. The molecule has 0 fully saturated rings. The van der Waals surface area contributed by atoms with Gasteiger partial charge in [-0.3, -0.25) is 0 Å². The third-order valence-electron chi connectivity index (χ3n) is 8.91. The Morgan fingerprint density at radius 3 is 1.00 bits per heavy atom. The van der Waals surface area contributed by atoms with Gasteiger partial charge in [-0.2, -0.15) is 0 Å². The van der Waals surface area contributed by atoms with Crippen LogP contribution >= 0.6 is 0 Å². The van der Waals surface area contributed by atoms with E-state index in [0.29, 0.717) is 11.8 Å². The van der Waals surface area contributed by atoms with Crippen molar-refractivity contribution in [2.24, 2.45) is 11.8 Å². The molecule has 0 aromatic heterocycles. The minimum Gasteiger partial charge on any atom is -0.392 e. The zero-order valence-corrected chi connectivity index (χ0v) is 34.5. The molecule has 284 valence electrons. The van der Waals surface area contributed by atoms with E-state index in [0.717, 1.165) is 49.7 Å². The maximum absolute atomic E-state index is 9.25. The van der Waals surface area contributed by atoms with E-state index < -0.39 is 0 Å². The largest absolute Gasteiger partial charge is 0.392 e. The molecule has 2 nitrogen and oxygen atoms in total. The molecule has 0 radical (unpaired) electrons. The van der Waals surface area contributed by atoms with Gasteiger partial charge in [-0.25, -0.2) is 0 Å². The van der Waals surface area contributed by atoms with Crippen molar-refractivity contribution >= 4 is 0 Å². The van der Waals surface area contributed by atoms with E-state index in [-0.39, 0.29) is 13.2 Å². The number of rotatable bonds is 24. The summed E-state index contributed by atoms with van der Waals surface area (Å²) >= 11 is 0. The Bertz CT molecular complexity index is 1400. The van der Waals surface area contributed by atoms with Crippen molar-refractivity contribution in [1.82, 2.24) is 0 Å². The van der Waals surface area contributed by atoms with Gasteiger partial charge in [-0.05, 0) is 120 Å². The Hall–Kier alpha value is -3.98. The second-order valence-electron chi connectivity index (χ2n) is 14.5. The zero-order chi connectivity index (χ0) is 39.3. The summed E-state index contributed by atoms with van der Waals surface area (Å²) in [6.07, 6.45) is 44.4. The molecule has 0 rings (SSSR count). The summed E-state index contributed by atoms with van der Waals surface area (Å²) in [6.45, 7) is 29.6. The first-order chi connectivity index (χ1) is 24.7. The van der Waals surface area contributed by atoms with Gasteiger partial charge in [0.15, 0.2) is 0 Å². The van der Waals surface area contributed by atoms with Crippen molar-refractivity contribution in [3.8, 4) is 0 Å². The van der Waals surface area contributed by atoms with Crippen LogP contribution in [0.15, 0.2) is 178 Å². The van der Waals surface area contributed by atoms with Crippen LogP contribution in [-0.4, -0.2) is 23.4 Å². The molecule has 2 heteroatoms. The molecule has 0 saturated heterocycles. The van der Waals surface area contributed by atoms with E-state index in [1.54, 1.807) is 0 Å². The summed E-state index contributed by atoms with van der Waals surface area (Å²) in [5, 5.41) is 18.5. The van der Waals surface area contributed by atoms with Crippen LogP contribution in [0.25, 0.3) is 0 Å². The molecule has 2 atom stereocenters. The zero-order valence-electron chi connectivity index (χ0n) is 34.5. The predicted octanol–water partition coefficient (Wildman–Crippen LogP) is 14.0. The fourth-order valence-electron chi connectivity index (χ4n) is 4.99. The number of aliphatic hydroxyl groups is 2. The molecule has 0 aliphatic rings. The lowest BCUT2D eigenvalue weighted by Gasteiger charge is -2.15. The fraction of sp³-hybridized carbons (Fsp3) is 0.400. The smallest absolute Gasteiger partial charge is 0.0639 e. The van der Waals surface area contributed by atoms with Crippen molar-refractivity contribution in [2.75, 3.05) is 13.2 Å². The quantitative estimate of drug-likeness (QED) is 0.0776. The number of aliphatic hydroxyl groups excluding tert-OH is 2. The second-order valence-corrected chi connectivity index (χ2v) is 14.5. The van der Waals surface area contributed by atoms with Crippen molar-refractivity contribution < 1.29 is 10.2 Å². The van der Waals surface area contributed by atoms with Crippen LogP contribution in [0, 0.1) is 11.8 Å². The average Bonchev–Trinajstić information content (AvgIpc) is 3.09. The summed E-state index contributed by atoms with van der Waals surface area (Å²) in [7, 11) is 0. The minimum atomic E-state index is 0.125. The third kappa shape index (κ3) is 26.8. The molecule has 2 unspecified atom stereocenters. The highest BCUT2D eigenvalue weighted by atomic mass is 16.3. The molecule has 0 spiro atoms. The third-order valence-corrected chi connectivity index (χ3v) is 8.91. The fourth-order valence-corrected chi connectivity index (χ4v) is 4.99. The number of hydrogen-bond acceptors (Lipinski definition) is 2. The van der Waals surface area contributed by atoms with Crippen LogP contribution in [0.5, 0.6) is 0 Å². The standard InChI is InChI=1S/C50H72O2/c1-39(2)49(35-31-47(11)37-51)33-29-45(9)27-17-25-43(7)23-15-21-41(5)19-13-14-20-42(6)22-16-24-44(8)26-18-28-46(10)30-34-50(40(3)4)36-32-48(12)38-52/h13-28,31-32,49-52H,1,3,29-30,33-38H2,2,4-12H3. The lowest BCUT2D eigenvalue weighted by atomic mass is 9.90. The van der Waals surface area contributed by atoms with Crippen LogP contribution in [0.2, 0.25) is 0 Å². The second kappa shape index (κ2) is 29.6. The van der Waals surface area contributed by atoms with Crippen LogP contribution in [0.4, 0.5) is 0 Å². The van der Waals surface area contributed by atoms with Crippen LogP contribution in [0.3, 0.4) is 0 Å². The first-order valence-electron chi connectivity index (χ1n) is 18.9. The first kappa shape index (κ1) is 48.0. The number of hydrogen-bond donors (Lipinski definition) is 2. The highest BCUT2D eigenvalue weighted by molar-refractivity contribution is 5.32. The van der Waals surface area contributed by atoms with E-state index in [1.807, 2.05) is 13.8 Å². The van der Waals surface area contributed by atoms with Crippen molar-refractivity contribution in [1.29, 1.82) is 0 Å². The van der Waals surface area contributed by atoms with Gasteiger partial charge >= 0.3 is 0 Å². The van der Waals surface area contributed by atoms with Crippen molar-refractivity contribution in [3.05, 3.63) is 178 Å². The van der Waals surface area contributed by atoms with Gasteiger partial charge < -0.3 is 10.2 Å². The van der Waals surface area contributed by atoms with Gasteiger partial charge in [-0.15, -0.1) is 0 Å². The molecule has 0 heterocycles. The van der Waals surface area contributed by atoms with E-state index in [9.17, 15) is 10.2 Å². The Morgan fingerprint density at radius 2 is 0.712 bits per heavy atom. The highest BCUT2D eigenvalue weighted by Gasteiger charge is 2.09. The molecule has 0 amide bonds. The molecule has 0 aromatic carbocycles. The molecule has 52 heavy (non-hydrogen) atoms. The topological polar surface area (TPSA) is 40.5 Å². The lowest BCUT2D eigenvalue weighted by Crippen LogP contribution is -2.01. The van der Waals surface area contributed by atoms with Crippen molar-refractivity contribution in [3.63, 3.8) is 0 Å². The summed E-state index contributed by atoms with van der Waals surface area (Å²) in [5.74, 6) is 0.891. The molecular formula is C50H72O2. The van der Waals surface area contributed by atoms with Crippen LogP contribution in [0.1, 0.15) is 108 Å². The van der Waals surface area contributed by atoms with Crippen LogP contribution < -0.4 is 0 Å². The van der Waals surface area contributed by atoms with Gasteiger partial charge in [0, 0.05) is 0 Å². The molecule has 0 aliphatic heterocycles. The summed E-state index contributed by atoms with van der Waals surface area (Å²) in [5.41, 5.74) is 12.0. The number of allylic oxidation sites excluding steroid dienone is 26. The Kier molecular flexibility index (Phi) is 27.3. The molecule has 0 saturated carbocycles. The van der Waals surface area contributed by atoms with Gasteiger partial charge in [0.05, 0.1) is 13.2 Å². The Balaban J connectivity index is 4.88. The van der Waals surface area contributed by atoms with E-state index in [4.69, 9.17) is 0 Å². The van der Waals surface area contributed by atoms with Gasteiger partial charge in [-0.1, -0.05) is 178 Å². The summed E-state index contributed by atoms with van der Waals surface area (Å²) in [6, 6.07) is 0. The van der Waals surface area contributed by atoms with Crippen LogP contribution in [-0.2, 0) is 0 Å². The first-order valence-corrected chi connectivity index (χ1v) is 18.9. The van der Waals surface area contributed by atoms with Gasteiger partial charge in [0.2, 0.25) is 0 Å². The Morgan fingerprint density at radius 1 is 0.423 bits per heavy atom. The summed E-state index contributed by atoms with van der Waals surface area (Å²) in [4.78, 5) is 0. The monoisotopic (exact) mass is 705 g/mol. The van der Waals surface area contributed by atoms with Gasteiger partial charge in [0.1, 0.15) is 0 Å². The van der Waals surface area contributed by atoms with Crippen molar-refractivity contribution in [2.45, 2.75) is 108 Å². The summed E-state index contributed by atoms with van der Waals surface area (Å²) < 4.78 is 0. The maximum Gasteiger partial charge on any atom is 0.0639 e. The van der Waals surface area contributed by atoms with E-state index in [2.05, 4.69) is 178 Å². The minimum absolute atomic E-state index is 0.125. The molecular weight excluding hydrogens is 633 g/mol. The Labute approximate surface area is 320 Å². The predicted molar refractivity (Wildman–Crippen MR) is 234 cm³/mol. The maximum atomic E-state index is 9.25. The van der Waals surface area contributed by atoms with E-state index >= 15 is 0 Å². The average molecular weight is 705 g/mol. The van der Waals surface area contributed by atoms with Gasteiger partial charge in [0.25, 0.3) is 0 Å². The molecule has 0 aromatic rings. The normalized spacial score (nSPS) is 16.5. The molecule has 0 bridgehead atoms.